The smallest absolute Gasteiger partial charge is 0.118 e. The SMILES string of the molecule is COc1ccc(CC(CCC2CC2)NN)cc1. The number of ether oxygens (including phenoxy) is 1. The molecule has 0 bridgehead atoms. The van der Waals surface area contributed by atoms with Crippen molar-refractivity contribution in [3.8, 4) is 5.75 Å². The Morgan fingerprint density at radius 3 is 2.59 bits per heavy atom. The summed E-state index contributed by atoms with van der Waals surface area (Å²) in [4.78, 5) is 0. The van der Waals surface area contributed by atoms with Gasteiger partial charge in [0.1, 0.15) is 5.75 Å². The van der Waals surface area contributed by atoms with E-state index in [1.807, 2.05) is 12.1 Å². The Hall–Kier alpha value is -1.06. The molecular weight excluding hydrogens is 212 g/mol. The van der Waals surface area contributed by atoms with Crippen molar-refractivity contribution in [2.24, 2.45) is 11.8 Å². The molecule has 3 heteroatoms. The van der Waals surface area contributed by atoms with Crippen molar-refractivity contribution >= 4 is 0 Å². The van der Waals surface area contributed by atoms with Gasteiger partial charge >= 0.3 is 0 Å². The Balaban J connectivity index is 1.82. The monoisotopic (exact) mass is 234 g/mol. The molecule has 1 unspecified atom stereocenters. The van der Waals surface area contributed by atoms with Crippen LogP contribution in [0.25, 0.3) is 0 Å². The zero-order chi connectivity index (χ0) is 12.1. The van der Waals surface area contributed by atoms with Crippen LogP contribution in [0.3, 0.4) is 0 Å². The normalized spacial score (nSPS) is 16.8. The summed E-state index contributed by atoms with van der Waals surface area (Å²) in [7, 11) is 1.69. The molecule has 1 aliphatic carbocycles. The maximum absolute atomic E-state index is 5.61. The minimum absolute atomic E-state index is 0.393. The lowest BCUT2D eigenvalue weighted by Crippen LogP contribution is -2.36. The van der Waals surface area contributed by atoms with E-state index < -0.39 is 0 Å². The topological polar surface area (TPSA) is 47.3 Å². The summed E-state index contributed by atoms with van der Waals surface area (Å²) in [5.41, 5.74) is 4.24. The van der Waals surface area contributed by atoms with Crippen molar-refractivity contribution in [2.45, 2.75) is 38.1 Å². The van der Waals surface area contributed by atoms with Crippen molar-refractivity contribution in [2.75, 3.05) is 7.11 Å². The van der Waals surface area contributed by atoms with Crippen LogP contribution in [0.2, 0.25) is 0 Å². The van der Waals surface area contributed by atoms with E-state index in [0.29, 0.717) is 6.04 Å². The number of methoxy groups -OCH3 is 1. The number of rotatable bonds is 7. The van der Waals surface area contributed by atoms with Crippen LogP contribution in [0.4, 0.5) is 0 Å². The van der Waals surface area contributed by atoms with Crippen molar-refractivity contribution in [1.82, 2.24) is 5.43 Å². The van der Waals surface area contributed by atoms with E-state index in [4.69, 9.17) is 10.6 Å². The average Bonchev–Trinajstić information content (AvgIpc) is 3.19. The summed E-state index contributed by atoms with van der Waals surface area (Å²) in [5.74, 6) is 7.49. The van der Waals surface area contributed by atoms with Crippen LogP contribution in [0, 0.1) is 5.92 Å². The van der Waals surface area contributed by atoms with Crippen LogP contribution in [-0.2, 0) is 6.42 Å². The number of nitrogens with two attached hydrogens (primary N) is 1. The standard InChI is InChI=1S/C14H22N2O/c1-17-14-8-5-12(6-9-14)10-13(16-15)7-4-11-2-3-11/h5-6,8-9,11,13,16H,2-4,7,10,15H2,1H3. The Morgan fingerprint density at radius 2 is 2.06 bits per heavy atom. The first kappa shape index (κ1) is 12.4. The molecule has 3 N–H and O–H groups in total. The van der Waals surface area contributed by atoms with Gasteiger partial charge in [-0.25, -0.2) is 0 Å². The maximum Gasteiger partial charge on any atom is 0.118 e. The largest absolute Gasteiger partial charge is 0.497 e. The Bertz CT molecular complexity index is 333. The fourth-order valence-electron chi connectivity index (χ4n) is 2.13. The first-order valence-corrected chi connectivity index (χ1v) is 6.41. The lowest BCUT2D eigenvalue weighted by molar-refractivity contribution is 0.414. The van der Waals surface area contributed by atoms with Gasteiger partial charge in [-0.15, -0.1) is 0 Å². The number of benzene rings is 1. The van der Waals surface area contributed by atoms with Gasteiger partial charge in [-0.2, -0.15) is 0 Å². The number of hydrogen-bond acceptors (Lipinski definition) is 3. The zero-order valence-corrected chi connectivity index (χ0v) is 10.5. The molecule has 1 aromatic carbocycles. The van der Waals surface area contributed by atoms with E-state index in [1.165, 1.54) is 31.2 Å². The summed E-state index contributed by atoms with van der Waals surface area (Å²) in [6.07, 6.45) is 6.31. The van der Waals surface area contributed by atoms with Crippen LogP contribution >= 0.6 is 0 Å². The average molecular weight is 234 g/mol. The third kappa shape index (κ3) is 4.02. The molecule has 0 aliphatic heterocycles. The van der Waals surface area contributed by atoms with Crippen LogP contribution in [0.1, 0.15) is 31.2 Å². The Morgan fingerprint density at radius 1 is 1.35 bits per heavy atom. The highest BCUT2D eigenvalue weighted by Crippen LogP contribution is 2.34. The quantitative estimate of drug-likeness (QED) is 0.562. The molecule has 0 amide bonds. The summed E-state index contributed by atoms with van der Waals surface area (Å²) in [6.45, 7) is 0. The molecule has 2 rings (SSSR count). The van der Waals surface area contributed by atoms with Gasteiger partial charge in [-0.05, 0) is 42.9 Å². The van der Waals surface area contributed by atoms with Crippen LogP contribution in [0.15, 0.2) is 24.3 Å². The van der Waals surface area contributed by atoms with Gasteiger partial charge in [0.15, 0.2) is 0 Å². The van der Waals surface area contributed by atoms with Crippen molar-refractivity contribution in [3.05, 3.63) is 29.8 Å². The van der Waals surface area contributed by atoms with Gasteiger partial charge < -0.3 is 4.74 Å². The first-order valence-electron chi connectivity index (χ1n) is 6.41. The van der Waals surface area contributed by atoms with Crippen molar-refractivity contribution in [3.63, 3.8) is 0 Å². The molecule has 0 saturated heterocycles. The summed E-state index contributed by atoms with van der Waals surface area (Å²) in [5, 5.41) is 0. The summed E-state index contributed by atoms with van der Waals surface area (Å²) >= 11 is 0. The first-order chi connectivity index (χ1) is 8.31. The maximum atomic E-state index is 5.61. The Labute approximate surface area is 103 Å². The van der Waals surface area contributed by atoms with Gasteiger partial charge in [-0.1, -0.05) is 25.0 Å². The van der Waals surface area contributed by atoms with E-state index in [0.717, 1.165) is 18.1 Å². The second-order valence-electron chi connectivity index (χ2n) is 4.94. The van der Waals surface area contributed by atoms with E-state index >= 15 is 0 Å². The highest BCUT2D eigenvalue weighted by molar-refractivity contribution is 5.27. The molecule has 1 aromatic rings. The van der Waals surface area contributed by atoms with E-state index in [2.05, 4.69) is 17.6 Å². The zero-order valence-electron chi connectivity index (χ0n) is 10.5. The molecule has 0 heterocycles. The van der Waals surface area contributed by atoms with Crippen molar-refractivity contribution < 1.29 is 4.74 Å². The highest BCUT2D eigenvalue weighted by atomic mass is 16.5. The molecule has 3 nitrogen and oxygen atoms in total. The van der Waals surface area contributed by atoms with E-state index in [-0.39, 0.29) is 0 Å². The lowest BCUT2D eigenvalue weighted by Gasteiger charge is -2.15. The fraction of sp³-hybridized carbons (Fsp3) is 0.571. The summed E-state index contributed by atoms with van der Waals surface area (Å²) < 4.78 is 5.15. The van der Waals surface area contributed by atoms with Crippen LogP contribution < -0.4 is 16.0 Å². The molecule has 1 atom stereocenters. The van der Waals surface area contributed by atoms with Gasteiger partial charge in [0.05, 0.1) is 7.11 Å². The second kappa shape index (κ2) is 6.03. The predicted molar refractivity (Wildman–Crippen MR) is 69.8 cm³/mol. The molecule has 17 heavy (non-hydrogen) atoms. The Kier molecular flexibility index (Phi) is 4.40. The molecule has 1 aliphatic rings. The molecule has 94 valence electrons. The molecule has 0 aromatic heterocycles. The summed E-state index contributed by atoms with van der Waals surface area (Å²) in [6, 6.07) is 8.62. The molecule has 0 spiro atoms. The minimum atomic E-state index is 0.393. The third-order valence-corrected chi connectivity index (χ3v) is 3.50. The third-order valence-electron chi connectivity index (χ3n) is 3.50. The van der Waals surface area contributed by atoms with E-state index in [9.17, 15) is 0 Å². The van der Waals surface area contributed by atoms with Crippen molar-refractivity contribution in [1.29, 1.82) is 0 Å². The van der Waals surface area contributed by atoms with E-state index in [1.54, 1.807) is 7.11 Å². The fourth-order valence-corrected chi connectivity index (χ4v) is 2.13. The van der Waals surface area contributed by atoms with Crippen LogP contribution in [0.5, 0.6) is 5.75 Å². The number of hydrogen-bond donors (Lipinski definition) is 2. The molecule has 1 fully saturated rings. The molecule has 1 saturated carbocycles. The lowest BCUT2D eigenvalue weighted by atomic mass is 10.0. The minimum Gasteiger partial charge on any atom is -0.497 e. The highest BCUT2D eigenvalue weighted by Gasteiger charge is 2.22. The predicted octanol–water partition coefficient (Wildman–Crippen LogP) is 2.26. The molecular formula is C14H22N2O. The van der Waals surface area contributed by atoms with Gasteiger partial charge in [0, 0.05) is 6.04 Å². The second-order valence-corrected chi connectivity index (χ2v) is 4.94. The number of hydrazine groups is 1. The van der Waals surface area contributed by atoms with Gasteiger partial charge in [-0.3, -0.25) is 11.3 Å². The van der Waals surface area contributed by atoms with Gasteiger partial charge in [0.25, 0.3) is 0 Å². The number of nitrogens with one attached hydrogen (secondary N) is 1. The molecule has 0 radical (unpaired) electrons. The van der Waals surface area contributed by atoms with Gasteiger partial charge in [0.2, 0.25) is 0 Å². The van der Waals surface area contributed by atoms with Crippen LogP contribution in [-0.4, -0.2) is 13.2 Å².